The van der Waals surface area contributed by atoms with Crippen LogP contribution in [0.15, 0.2) is 53.3 Å². The number of hydrogen-bond donors (Lipinski definition) is 1. The number of nitrogens with one attached hydrogen (secondary N) is 1. The molecule has 0 aliphatic rings. The summed E-state index contributed by atoms with van der Waals surface area (Å²) in [4.78, 5) is 0. The predicted octanol–water partition coefficient (Wildman–Crippen LogP) is 3.35. The van der Waals surface area contributed by atoms with Crippen molar-refractivity contribution in [2.24, 2.45) is 0 Å². The smallest absolute Gasteiger partial charge is 0.0947 e. The molecular weight excluding hydrogens is 210 g/mol. The van der Waals surface area contributed by atoms with E-state index < -0.39 is 0 Å². The van der Waals surface area contributed by atoms with Crippen LogP contribution < -0.4 is 5.32 Å². The van der Waals surface area contributed by atoms with Crippen molar-refractivity contribution in [3.8, 4) is 0 Å². The van der Waals surface area contributed by atoms with Crippen LogP contribution in [0.25, 0.3) is 0 Å². The van der Waals surface area contributed by atoms with Crippen molar-refractivity contribution in [3.63, 3.8) is 0 Å². The highest BCUT2D eigenvalue weighted by Gasteiger charge is 2.19. The molecule has 1 N–H and O–H groups in total. The number of furan rings is 1. The van der Waals surface area contributed by atoms with Crippen LogP contribution in [0.4, 0.5) is 0 Å². The summed E-state index contributed by atoms with van der Waals surface area (Å²) in [5.74, 6) is 0. The molecule has 0 saturated heterocycles. The molecule has 0 spiro atoms. The molecule has 1 heterocycles. The van der Waals surface area contributed by atoms with E-state index in [-0.39, 0.29) is 5.41 Å². The van der Waals surface area contributed by atoms with Gasteiger partial charge in [0.25, 0.3) is 0 Å². The molecule has 17 heavy (non-hydrogen) atoms. The average Bonchev–Trinajstić information content (AvgIpc) is 2.83. The fourth-order valence-corrected chi connectivity index (χ4v) is 1.90. The van der Waals surface area contributed by atoms with Crippen LogP contribution >= 0.6 is 0 Å². The van der Waals surface area contributed by atoms with Crippen LogP contribution in [0.2, 0.25) is 0 Å². The molecule has 1 aromatic carbocycles. The van der Waals surface area contributed by atoms with Gasteiger partial charge in [0.15, 0.2) is 0 Å². The Morgan fingerprint density at radius 1 is 1.12 bits per heavy atom. The summed E-state index contributed by atoms with van der Waals surface area (Å²) in [5.41, 5.74) is 2.69. The van der Waals surface area contributed by atoms with Crippen LogP contribution in [0.3, 0.4) is 0 Å². The van der Waals surface area contributed by atoms with Crippen molar-refractivity contribution in [1.82, 2.24) is 5.32 Å². The average molecular weight is 229 g/mol. The van der Waals surface area contributed by atoms with Crippen LogP contribution in [-0.2, 0) is 12.0 Å². The molecule has 0 unspecified atom stereocenters. The molecule has 2 nitrogen and oxygen atoms in total. The van der Waals surface area contributed by atoms with Gasteiger partial charge in [0.05, 0.1) is 12.5 Å². The van der Waals surface area contributed by atoms with Gasteiger partial charge in [-0.3, -0.25) is 0 Å². The highest BCUT2D eigenvalue weighted by atomic mass is 16.3. The van der Waals surface area contributed by atoms with Gasteiger partial charge in [-0.2, -0.15) is 0 Å². The largest absolute Gasteiger partial charge is 0.472 e. The van der Waals surface area contributed by atoms with Crippen LogP contribution in [0.5, 0.6) is 0 Å². The van der Waals surface area contributed by atoms with Crippen LogP contribution in [0.1, 0.15) is 25.0 Å². The Labute approximate surface area is 103 Å². The zero-order chi connectivity index (χ0) is 12.1. The maximum atomic E-state index is 5.04. The van der Waals surface area contributed by atoms with Crippen molar-refractivity contribution in [3.05, 3.63) is 60.1 Å². The lowest BCUT2D eigenvalue weighted by Crippen LogP contribution is -2.32. The minimum absolute atomic E-state index is 0.144. The van der Waals surface area contributed by atoms with Crippen molar-refractivity contribution in [1.29, 1.82) is 0 Å². The van der Waals surface area contributed by atoms with Gasteiger partial charge in [-0.05, 0) is 11.6 Å². The molecule has 1 aromatic heterocycles. The van der Waals surface area contributed by atoms with Crippen molar-refractivity contribution in [2.45, 2.75) is 25.8 Å². The van der Waals surface area contributed by atoms with Gasteiger partial charge in [0.1, 0.15) is 0 Å². The van der Waals surface area contributed by atoms with Crippen molar-refractivity contribution >= 4 is 0 Å². The molecule has 90 valence electrons. The van der Waals surface area contributed by atoms with E-state index in [4.69, 9.17) is 4.42 Å². The molecule has 0 aliphatic heterocycles. The Balaban J connectivity index is 1.90. The van der Waals surface area contributed by atoms with E-state index >= 15 is 0 Å². The molecule has 0 bridgehead atoms. The molecule has 2 rings (SSSR count). The van der Waals surface area contributed by atoms with E-state index in [1.54, 1.807) is 12.5 Å². The zero-order valence-corrected chi connectivity index (χ0v) is 10.4. The topological polar surface area (TPSA) is 25.2 Å². The molecule has 0 fully saturated rings. The maximum Gasteiger partial charge on any atom is 0.0947 e. The first kappa shape index (κ1) is 11.9. The first-order chi connectivity index (χ1) is 8.18. The third-order valence-corrected chi connectivity index (χ3v) is 3.03. The predicted molar refractivity (Wildman–Crippen MR) is 69.9 cm³/mol. The molecule has 2 heteroatoms. The molecular formula is C15H19NO. The first-order valence-corrected chi connectivity index (χ1v) is 5.96. The Hall–Kier alpha value is -1.54. The first-order valence-electron chi connectivity index (χ1n) is 5.96. The Morgan fingerprint density at radius 3 is 2.53 bits per heavy atom. The van der Waals surface area contributed by atoms with E-state index in [1.165, 1.54) is 11.1 Å². The van der Waals surface area contributed by atoms with E-state index in [2.05, 4.69) is 49.5 Å². The monoisotopic (exact) mass is 229 g/mol. The summed E-state index contributed by atoms with van der Waals surface area (Å²) in [6.45, 7) is 6.31. The Bertz CT molecular complexity index is 431. The number of benzene rings is 1. The minimum atomic E-state index is 0.144. The highest BCUT2D eigenvalue weighted by Crippen LogP contribution is 2.21. The Kier molecular flexibility index (Phi) is 3.64. The Morgan fingerprint density at radius 2 is 1.88 bits per heavy atom. The normalized spacial score (nSPS) is 11.6. The second-order valence-electron chi connectivity index (χ2n) is 4.99. The van der Waals surface area contributed by atoms with E-state index in [0.29, 0.717) is 0 Å². The summed E-state index contributed by atoms with van der Waals surface area (Å²) < 4.78 is 5.04. The van der Waals surface area contributed by atoms with Gasteiger partial charge in [-0.1, -0.05) is 44.2 Å². The van der Waals surface area contributed by atoms with Crippen LogP contribution in [-0.4, -0.2) is 6.54 Å². The second kappa shape index (κ2) is 5.19. The number of hydrogen-bond acceptors (Lipinski definition) is 2. The summed E-state index contributed by atoms with van der Waals surface area (Å²) >= 11 is 0. The maximum absolute atomic E-state index is 5.04. The highest BCUT2D eigenvalue weighted by molar-refractivity contribution is 5.23. The van der Waals surface area contributed by atoms with Gasteiger partial charge in [-0.25, -0.2) is 0 Å². The lowest BCUT2D eigenvalue weighted by atomic mass is 9.84. The van der Waals surface area contributed by atoms with Gasteiger partial charge in [0.2, 0.25) is 0 Å². The summed E-state index contributed by atoms with van der Waals surface area (Å²) in [5, 5.41) is 3.47. The van der Waals surface area contributed by atoms with E-state index in [9.17, 15) is 0 Å². The minimum Gasteiger partial charge on any atom is -0.472 e. The zero-order valence-electron chi connectivity index (χ0n) is 10.4. The molecule has 0 amide bonds. The molecule has 2 aromatic rings. The fraction of sp³-hybridized carbons (Fsp3) is 0.333. The van der Waals surface area contributed by atoms with E-state index in [0.717, 1.165) is 13.1 Å². The van der Waals surface area contributed by atoms with Crippen LogP contribution in [0, 0.1) is 0 Å². The fourth-order valence-electron chi connectivity index (χ4n) is 1.90. The molecule has 0 radical (unpaired) electrons. The standard InChI is InChI=1S/C15H19NO/c1-15(2,14-6-4-3-5-7-14)12-16-10-13-8-9-17-11-13/h3-9,11,16H,10,12H2,1-2H3. The van der Waals surface area contributed by atoms with Gasteiger partial charge in [0, 0.05) is 24.1 Å². The second-order valence-corrected chi connectivity index (χ2v) is 4.99. The number of rotatable bonds is 5. The SMILES string of the molecule is CC(C)(CNCc1ccoc1)c1ccccc1. The molecule has 0 aliphatic carbocycles. The summed E-state index contributed by atoms with van der Waals surface area (Å²) in [7, 11) is 0. The third-order valence-electron chi connectivity index (χ3n) is 3.03. The van der Waals surface area contributed by atoms with Gasteiger partial charge in [-0.15, -0.1) is 0 Å². The van der Waals surface area contributed by atoms with Crippen molar-refractivity contribution in [2.75, 3.05) is 6.54 Å². The van der Waals surface area contributed by atoms with Gasteiger partial charge < -0.3 is 9.73 Å². The summed E-state index contributed by atoms with van der Waals surface area (Å²) in [6.07, 6.45) is 3.49. The quantitative estimate of drug-likeness (QED) is 0.850. The van der Waals surface area contributed by atoms with E-state index in [1.807, 2.05) is 6.07 Å². The van der Waals surface area contributed by atoms with Crippen molar-refractivity contribution < 1.29 is 4.42 Å². The molecule has 0 atom stereocenters. The third kappa shape index (κ3) is 3.21. The lowest BCUT2D eigenvalue weighted by molar-refractivity contribution is 0.467. The summed E-state index contributed by atoms with van der Waals surface area (Å²) in [6, 6.07) is 12.6. The lowest BCUT2D eigenvalue weighted by Gasteiger charge is -2.25. The molecule has 0 saturated carbocycles. The van der Waals surface area contributed by atoms with Gasteiger partial charge >= 0.3 is 0 Å².